The normalized spacial score (nSPS) is 16.6. The van der Waals surface area contributed by atoms with Crippen LogP contribution in [-0.2, 0) is 16.1 Å². The van der Waals surface area contributed by atoms with Gasteiger partial charge in [0, 0.05) is 6.54 Å². The maximum atomic E-state index is 12.6. The highest BCUT2D eigenvalue weighted by Crippen LogP contribution is 2.30. The second-order valence-corrected chi connectivity index (χ2v) is 9.60. The van der Waals surface area contributed by atoms with Crippen molar-refractivity contribution in [1.29, 1.82) is 5.41 Å². The predicted molar refractivity (Wildman–Crippen MR) is 150 cm³/mol. The van der Waals surface area contributed by atoms with Gasteiger partial charge in [-0.25, -0.2) is 4.79 Å². The van der Waals surface area contributed by atoms with E-state index in [1.165, 1.54) is 0 Å². The summed E-state index contributed by atoms with van der Waals surface area (Å²) < 4.78 is 11.1. The first-order valence-electron chi connectivity index (χ1n) is 12.6. The van der Waals surface area contributed by atoms with Gasteiger partial charge in [0.25, 0.3) is 0 Å². The van der Waals surface area contributed by atoms with Crippen molar-refractivity contribution in [2.75, 3.05) is 6.54 Å². The van der Waals surface area contributed by atoms with Gasteiger partial charge in [0.15, 0.2) is 5.96 Å². The molecule has 8 heteroatoms. The van der Waals surface area contributed by atoms with E-state index in [1.54, 1.807) is 24.3 Å². The largest absolute Gasteiger partial charge is 0.457 e. The van der Waals surface area contributed by atoms with Gasteiger partial charge in [0.05, 0.1) is 11.5 Å². The Morgan fingerprint density at radius 3 is 2.05 bits per heavy atom. The summed E-state index contributed by atoms with van der Waals surface area (Å²) in [6, 6.07) is 22.5. The highest BCUT2D eigenvalue weighted by Gasteiger charge is 2.27. The van der Waals surface area contributed by atoms with E-state index in [1.807, 2.05) is 55.5 Å². The summed E-state index contributed by atoms with van der Waals surface area (Å²) in [7, 11) is 0. The van der Waals surface area contributed by atoms with Crippen LogP contribution in [0.5, 0.6) is 5.75 Å². The zero-order valence-electron chi connectivity index (χ0n) is 21.4. The molecule has 0 radical (unpaired) electrons. The average molecular weight is 536 g/mol. The van der Waals surface area contributed by atoms with E-state index in [-0.39, 0.29) is 42.8 Å². The second kappa shape index (κ2) is 13.6. The summed E-state index contributed by atoms with van der Waals surface area (Å²) in [5, 5.41) is 10.1. The number of ether oxygens (including phenoxy) is 2. The molecular formula is C30H34ClN3O4. The first-order valence-corrected chi connectivity index (χ1v) is 12.6. The molecule has 1 saturated carbocycles. The standard InChI is InChI=1S/C30H33N3O4.ClH/c1-20-2-4-22(5-3-20)19-36-28(34)25-12-10-23(11-13-25)24-14-16-27(17-15-24)37-29(35)26-8-6-21(7-9-26)18-33-30(31)32;/h2-5,10-17,21,26H,6-9,18-19H2,1H3,(H4,31,32,33);1H/t21-,26-;. The Morgan fingerprint density at radius 1 is 0.895 bits per heavy atom. The predicted octanol–water partition coefficient (Wildman–Crippen LogP) is 5.64. The van der Waals surface area contributed by atoms with Crippen LogP contribution in [0.15, 0.2) is 72.8 Å². The maximum absolute atomic E-state index is 12.6. The van der Waals surface area contributed by atoms with Crippen LogP contribution in [0, 0.1) is 24.2 Å². The number of carbonyl (C=O) groups excluding carboxylic acids is 2. The molecule has 38 heavy (non-hydrogen) atoms. The number of rotatable bonds is 8. The van der Waals surface area contributed by atoms with Gasteiger partial charge in [-0.05, 0) is 79.5 Å². The van der Waals surface area contributed by atoms with Crippen LogP contribution in [0.4, 0.5) is 0 Å². The molecule has 0 unspecified atom stereocenters. The second-order valence-electron chi connectivity index (χ2n) is 9.60. The van der Waals surface area contributed by atoms with E-state index in [9.17, 15) is 9.59 Å². The number of hydrogen-bond donors (Lipinski definition) is 3. The van der Waals surface area contributed by atoms with E-state index in [0.29, 0.717) is 23.8 Å². The Balaban J connectivity index is 0.00000400. The van der Waals surface area contributed by atoms with Gasteiger partial charge in [-0.15, -0.1) is 12.4 Å². The monoisotopic (exact) mass is 535 g/mol. The summed E-state index contributed by atoms with van der Waals surface area (Å²) in [5.41, 5.74) is 9.86. The fourth-order valence-corrected chi connectivity index (χ4v) is 4.49. The zero-order chi connectivity index (χ0) is 26.2. The molecule has 1 fully saturated rings. The number of esters is 2. The maximum Gasteiger partial charge on any atom is 0.338 e. The lowest BCUT2D eigenvalue weighted by atomic mass is 9.82. The van der Waals surface area contributed by atoms with Crippen molar-refractivity contribution in [2.45, 2.75) is 39.2 Å². The van der Waals surface area contributed by atoms with Gasteiger partial charge in [-0.3, -0.25) is 10.2 Å². The van der Waals surface area contributed by atoms with Crippen molar-refractivity contribution in [3.63, 3.8) is 0 Å². The highest BCUT2D eigenvalue weighted by atomic mass is 35.5. The quantitative estimate of drug-likeness (QED) is 0.149. The number of guanidine groups is 1. The molecule has 1 aliphatic rings. The van der Waals surface area contributed by atoms with Crippen molar-refractivity contribution >= 4 is 30.3 Å². The van der Waals surface area contributed by atoms with E-state index >= 15 is 0 Å². The van der Waals surface area contributed by atoms with Gasteiger partial charge in [-0.2, -0.15) is 0 Å². The molecule has 4 N–H and O–H groups in total. The van der Waals surface area contributed by atoms with Crippen molar-refractivity contribution in [3.05, 3.63) is 89.5 Å². The minimum atomic E-state index is -0.362. The third kappa shape index (κ3) is 8.08. The van der Waals surface area contributed by atoms with Crippen LogP contribution in [0.3, 0.4) is 0 Å². The average Bonchev–Trinajstić information content (AvgIpc) is 2.92. The first kappa shape index (κ1) is 28.7. The SMILES string of the molecule is Cc1ccc(COC(=O)c2ccc(-c3ccc(OC(=O)[C@H]4CC[C@H](CNC(=N)N)CC4)cc3)cc2)cc1.Cl. The molecule has 7 nitrogen and oxygen atoms in total. The third-order valence-electron chi connectivity index (χ3n) is 6.78. The summed E-state index contributed by atoms with van der Waals surface area (Å²) in [6.45, 7) is 2.93. The van der Waals surface area contributed by atoms with Crippen LogP contribution in [0.1, 0.15) is 47.2 Å². The fourth-order valence-electron chi connectivity index (χ4n) is 4.49. The number of nitrogens with one attached hydrogen (secondary N) is 2. The van der Waals surface area contributed by atoms with Crippen molar-refractivity contribution in [2.24, 2.45) is 17.6 Å². The van der Waals surface area contributed by atoms with Crippen LogP contribution in [0.2, 0.25) is 0 Å². The molecule has 4 rings (SSSR count). The zero-order valence-corrected chi connectivity index (χ0v) is 22.3. The van der Waals surface area contributed by atoms with Crippen LogP contribution in [0.25, 0.3) is 11.1 Å². The summed E-state index contributed by atoms with van der Waals surface area (Å²) in [5.74, 6) is 0.265. The van der Waals surface area contributed by atoms with E-state index in [2.05, 4.69) is 5.32 Å². The molecule has 3 aromatic carbocycles. The van der Waals surface area contributed by atoms with Gasteiger partial charge in [0.1, 0.15) is 12.4 Å². The molecule has 0 aromatic heterocycles. The van der Waals surface area contributed by atoms with Crippen LogP contribution in [-0.4, -0.2) is 24.4 Å². The summed E-state index contributed by atoms with van der Waals surface area (Å²) >= 11 is 0. The Morgan fingerprint density at radius 2 is 1.47 bits per heavy atom. The molecule has 0 saturated heterocycles. The first-order chi connectivity index (χ1) is 17.9. The fraction of sp³-hybridized carbons (Fsp3) is 0.300. The molecule has 200 valence electrons. The number of benzene rings is 3. The Hall–Kier alpha value is -3.84. The Labute approximate surface area is 229 Å². The van der Waals surface area contributed by atoms with Crippen LogP contribution >= 0.6 is 12.4 Å². The van der Waals surface area contributed by atoms with E-state index in [4.69, 9.17) is 20.6 Å². The minimum absolute atomic E-state index is 0. The molecule has 0 amide bonds. The van der Waals surface area contributed by atoms with E-state index in [0.717, 1.165) is 47.9 Å². The van der Waals surface area contributed by atoms with Gasteiger partial charge in [0.2, 0.25) is 0 Å². The molecule has 3 aromatic rings. The number of carbonyl (C=O) groups is 2. The van der Waals surface area contributed by atoms with Gasteiger partial charge in [-0.1, -0.05) is 54.1 Å². The Bertz CT molecular complexity index is 1220. The third-order valence-corrected chi connectivity index (χ3v) is 6.78. The van der Waals surface area contributed by atoms with Gasteiger partial charge < -0.3 is 20.5 Å². The van der Waals surface area contributed by atoms with Gasteiger partial charge >= 0.3 is 11.9 Å². The number of aryl methyl sites for hydroxylation is 1. The summed E-state index contributed by atoms with van der Waals surface area (Å²) in [6.07, 6.45) is 3.38. The Kier molecular flexibility index (Phi) is 10.3. The van der Waals surface area contributed by atoms with E-state index < -0.39 is 0 Å². The molecule has 0 spiro atoms. The smallest absolute Gasteiger partial charge is 0.338 e. The minimum Gasteiger partial charge on any atom is -0.457 e. The number of hydrogen-bond acceptors (Lipinski definition) is 5. The van der Waals surface area contributed by atoms with Crippen molar-refractivity contribution in [1.82, 2.24) is 5.32 Å². The van der Waals surface area contributed by atoms with Crippen molar-refractivity contribution < 1.29 is 19.1 Å². The molecule has 0 atom stereocenters. The molecule has 0 heterocycles. The highest BCUT2D eigenvalue weighted by molar-refractivity contribution is 5.90. The molecular weight excluding hydrogens is 502 g/mol. The lowest BCUT2D eigenvalue weighted by Crippen LogP contribution is -2.36. The number of halogens is 1. The number of nitrogens with two attached hydrogens (primary N) is 1. The lowest BCUT2D eigenvalue weighted by molar-refractivity contribution is -0.140. The topological polar surface area (TPSA) is 114 Å². The van der Waals surface area contributed by atoms with Crippen LogP contribution < -0.4 is 15.8 Å². The summed E-state index contributed by atoms with van der Waals surface area (Å²) in [4.78, 5) is 25.0. The molecule has 0 bridgehead atoms. The van der Waals surface area contributed by atoms with Crippen molar-refractivity contribution in [3.8, 4) is 16.9 Å². The molecule has 1 aliphatic carbocycles. The molecule has 0 aliphatic heterocycles. The lowest BCUT2D eigenvalue weighted by Gasteiger charge is -2.27.